The normalized spacial score (nSPS) is 11.6. The van der Waals surface area contributed by atoms with Gasteiger partial charge in [0.05, 0.1) is 10.9 Å². The molecule has 0 saturated heterocycles. The van der Waals surface area contributed by atoms with Crippen LogP contribution in [-0.2, 0) is 0 Å². The molecule has 0 unspecified atom stereocenters. The lowest BCUT2D eigenvalue weighted by Gasteiger charge is -2.18. The second kappa shape index (κ2) is 8.64. The van der Waals surface area contributed by atoms with Gasteiger partial charge in [0.2, 0.25) is 0 Å². The van der Waals surface area contributed by atoms with Gasteiger partial charge in [0.25, 0.3) is 11.8 Å². The van der Waals surface area contributed by atoms with Crippen LogP contribution in [0, 0.1) is 6.92 Å². The summed E-state index contributed by atoms with van der Waals surface area (Å²) in [4.78, 5) is 25.5. The van der Waals surface area contributed by atoms with Gasteiger partial charge in [-0.15, -0.1) is 11.3 Å². The van der Waals surface area contributed by atoms with Gasteiger partial charge in [0, 0.05) is 11.3 Å². The van der Waals surface area contributed by atoms with E-state index >= 15 is 0 Å². The highest BCUT2D eigenvalue weighted by atomic mass is 32.1. The molecule has 2 amide bonds. The third kappa shape index (κ3) is 4.83. The Balaban J connectivity index is 1.70. The van der Waals surface area contributed by atoms with Gasteiger partial charge in [-0.3, -0.25) is 9.59 Å². The Morgan fingerprint density at radius 1 is 1.00 bits per heavy atom. The first-order valence-electron chi connectivity index (χ1n) is 8.89. The number of anilines is 1. The molecule has 0 bridgehead atoms. The molecule has 0 radical (unpaired) electrons. The highest BCUT2D eigenvalue weighted by Crippen LogP contribution is 2.19. The van der Waals surface area contributed by atoms with Gasteiger partial charge in [-0.05, 0) is 48.6 Å². The summed E-state index contributed by atoms with van der Waals surface area (Å²) < 4.78 is 0. The first kappa shape index (κ1) is 18.9. The molecule has 4 nitrogen and oxygen atoms in total. The summed E-state index contributed by atoms with van der Waals surface area (Å²) in [7, 11) is 0. The zero-order chi connectivity index (χ0) is 19.2. The number of amides is 2. The Bertz CT molecular complexity index is 918. The quantitative estimate of drug-likeness (QED) is 0.620. The van der Waals surface area contributed by atoms with Crippen molar-refractivity contribution in [3.05, 3.63) is 87.6 Å². The smallest absolute Gasteiger partial charge is 0.265 e. The minimum Gasteiger partial charge on any atom is -0.345 e. The van der Waals surface area contributed by atoms with E-state index in [1.807, 2.05) is 49.6 Å². The summed E-state index contributed by atoms with van der Waals surface area (Å²) >= 11 is 1.38. The van der Waals surface area contributed by atoms with E-state index in [0.29, 0.717) is 16.1 Å². The Hall–Kier alpha value is -2.92. The lowest BCUT2D eigenvalue weighted by Crippen LogP contribution is -2.28. The fourth-order valence-corrected chi connectivity index (χ4v) is 3.42. The fraction of sp³-hybridized carbons (Fsp3) is 0.182. The third-order valence-electron chi connectivity index (χ3n) is 4.32. The average molecular weight is 378 g/mol. The minimum absolute atomic E-state index is 0.0533. The zero-order valence-corrected chi connectivity index (χ0v) is 16.2. The summed E-state index contributed by atoms with van der Waals surface area (Å²) in [6.07, 6.45) is 0.795. The predicted octanol–water partition coefficient (Wildman–Crippen LogP) is 5.19. The first-order chi connectivity index (χ1) is 13.1. The molecule has 0 spiro atoms. The molecule has 2 aromatic carbocycles. The second-order valence-electron chi connectivity index (χ2n) is 6.36. The number of hydrogen-bond acceptors (Lipinski definition) is 3. The van der Waals surface area contributed by atoms with Crippen molar-refractivity contribution < 1.29 is 9.59 Å². The van der Waals surface area contributed by atoms with E-state index in [9.17, 15) is 9.59 Å². The summed E-state index contributed by atoms with van der Waals surface area (Å²) in [6.45, 7) is 4.09. The molecular weight excluding hydrogens is 356 g/mol. The molecule has 27 heavy (non-hydrogen) atoms. The van der Waals surface area contributed by atoms with Crippen LogP contribution in [0.1, 0.15) is 50.5 Å². The molecule has 1 heterocycles. The highest BCUT2D eigenvalue weighted by molar-refractivity contribution is 7.12. The molecule has 1 atom stereocenters. The predicted molar refractivity (Wildman–Crippen MR) is 110 cm³/mol. The van der Waals surface area contributed by atoms with Gasteiger partial charge < -0.3 is 10.6 Å². The molecule has 0 fully saturated rings. The molecule has 0 aliphatic carbocycles. The number of thiophene rings is 1. The maximum Gasteiger partial charge on any atom is 0.265 e. The number of rotatable bonds is 6. The standard InChI is InChI=1S/C22H22N2O2S/c1-3-19(16-11-9-15(2)10-12-16)24-21(25)17-6-4-7-18(14-17)23-22(26)20-8-5-13-27-20/h4-14,19H,3H2,1-2H3,(H,23,26)(H,24,25)/t19-/m0/s1. The molecule has 3 rings (SSSR count). The van der Waals surface area contributed by atoms with E-state index in [1.165, 1.54) is 16.9 Å². The molecule has 0 aliphatic heterocycles. The highest BCUT2D eigenvalue weighted by Gasteiger charge is 2.15. The van der Waals surface area contributed by atoms with Crippen LogP contribution in [0.3, 0.4) is 0 Å². The van der Waals surface area contributed by atoms with Crippen LogP contribution in [0.2, 0.25) is 0 Å². The van der Waals surface area contributed by atoms with Crippen molar-refractivity contribution in [1.82, 2.24) is 5.32 Å². The van der Waals surface area contributed by atoms with Gasteiger partial charge in [-0.25, -0.2) is 0 Å². The van der Waals surface area contributed by atoms with Crippen molar-refractivity contribution in [1.29, 1.82) is 0 Å². The van der Waals surface area contributed by atoms with Crippen molar-refractivity contribution in [3.63, 3.8) is 0 Å². The zero-order valence-electron chi connectivity index (χ0n) is 15.4. The average Bonchev–Trinajstić information content (AvgIpc) is 3.22. The molecule has 0 saturated carbocycles. The van der Waals surface area contributed by atoms with Crippen molar-refractivity contribution in [2.24, 2.45) is 0 Å². The van der Waals surface area contributed by atoms with Crippen LogP contribution in [0.15, 0.2) is 66.0 Å². The fourth-order valence-electron chi connectivity index (χ4n) is 2.80. The van der Waals surface area contributed by atoms with E-state index < -0.39 is 0 Å². The molecule has 5 heteroatoms. The van der Waals surface area contributed by atoms with Gasteiger partial charge in [0.15, 0.2) is 0 Å². The van der Waals surface area contributed by atoms with E-state index in [4.69, 9.17) is 0 Å². The van der Waals surface area contributed by atoms with Gasteiger partial charge in [-0.2, -0.15) is 0 Å². The van der Waals surface area contributed by atoms with Crippen molar-refractivity contribution in [2.75, 3.05) is 5.32 Å². The molecule has 2 N–H and O–H groups in total. The maximum absolute atomic E-state index is 12.7. The SMILES string of the molecule is CC[C@H](NC(=O)c1cccc(NC(=O)c2cccs2)c1)c1ccc(C)cc1. The topological polar surface area (TPSA) is 58.2 Å². The van der Waals surface area contributed by atoms with Gasteiger partial charge in [0.1, 0.15) is 0 Å². The van der Waals surface area contributed by atoms with E-state index in [-0.39, 0.29) is 17.9 Å². The number of carbonyl (C=O) groups excluding carboxylic acids is 2. The van der Waals surface area contributed by atoms with Crippen LogP contribution >= 0.6 is 11.3 Å². The number of nitrogens with one attached hydrogen (secondary N) is 2. The minimum atomic E-state index is -0.173. The third-order valence-corrected chi connectivity index (χ3v) is 5.19. The van der Waals surface area contributed by atoms with Crippen molar-refractivity contribution >= 4 is 28.8 Å². The number of benzene rings is 2. The molecule has 138 valence electrons. The summed E-state index contributed by atoms with van der Waals surface area (Å²) in [5.41, 5.74) is 3.39. The number of aryl methyl sites for hydroxylation is 1. The van der Waals surface area contributed by atoms with Crippen LogP contribution < -0.4 is 10.6 Å². The molecule has 1 aromatic heterocycles. The number of carbonyl (C=O) groups is 2. The van der Waals surface area contributed by atoms with Gasteiger partial charge in [-0.1, -0.05) is 48.9 Å². The van der Waals surface area contributed by atoms with E-state index in [1.54, 1.807) is 30.3 Å². The van der Waals surface area contributed by atoms with Crippen LogP contribution in [0.5, 0.6) is 0 Å². The van der Waals surface area contributed by atoms with Crippen molar-refractivity contribution in [2.45, 2.75) is 26.3 Å². The maximum atomic E-state index is 12.7. The summed E-state index contributed by atoms with van der Waals surface area (Å²) in [5, 5.41) is 7.77. The number of hydrogen-bond donors (Lipinski definition) is 2. The molecule has 3 aromatic rings. The lowest BCUT2D eigenvalue weighted by atomic mass is 10.0. The van der Waals surface area contributed by atoms with E-state index in [0.717, 1.165) is 12.0 Å². The largest absolute Gasteiger partial charge is 0.345 e. The van der Waals surface area contributed by atoms with Gasteiger partial charge >= 0.3 is 0 Å². The van der Waals surface area contributed by atoms with Crippen LogP contribution in [0.4, 0.5) is 5.69 Å². The Labute approximate surface area is 163 Å². The van der Waals surface area contributed by atoms with Crippen LogP contribution in [-0.4, -0.2) is 11.8 Å². The summed E-state index contributed by atoms with van der Waals surface area (Å²) in [5.74, 6) is -0.330. The molecular formula is C22H22N2O2S. The monoisotopic (exact) mass is 378 g/mol. The Morgan fingerprint density at radius 3 is 2.44 bits per heavy atom. The Kier molecular flexibility index (Phi) is 6.04. The second-order valence-corrected chi connectivity index (χ2v) is 7.30. The van der Waals surface area contributed by atoms with Crippen LogP contribution in [0.25, 0.3) is 0 Å². The van der Waals surface area contributed by atoms with Crippen molar-refractivity contribution in [3.8, 4) is 0 Å². The first-order valence-corrected chi connectivity index (χ1v) is 9.77. The Morgan fingerprint density at radius 2 is 1.78 bits per heavy atom. The lowest BCUT2D eigenvalue weighted by molar-refractivity contribution is 0.0934. The summed E-state index contributed by atoms with van der Waals surface area (Å²) in [6, 6.07) is 18.7. The van der Waals surface area contributed by atoms with E-state index in [2.05, 4.69) is 10.6 Å². The molecule has 0 aliphatic rings.